The second-order valence-electron chi connectivity index (χ2n) is 12.3. The summed E-state index contributed by atoms with van der Waals surface area (Å²) in [6, 6.07) is 0.771. The molecule has 1 aromatic heterocycles. The lowest BCUT2D eigenvalue weighted by Crippen LogP contribution is -2.48. The van der Waals surface area contributed by atoms with Crippen molar-refractivity contribution in [3.8, 4) is 0 Å². The predicted molar refractivity (Wildman–Crippen MR) is 151 cm³/mol. The highest BCUT2D eigenvalue weighted by Crippen LogP contribution is 2.41. The van der Waals surface area contributed by atoms with Crippen molar-refractivity contribution in [2.75, 3.05) is 32.1 Å². The summed E-state index contributed by atoms with van der Waals surface area (Å²) in [5.41, 5.74) is -3.86. The Balaban J connectivity index is 1.38. The summed E-state index contributed by atoms with van der Waals surface area (Å²) in [6.07, 6.45) is -14.6. The van der Waals surface area contributed by atoms with Gasteiger partial charge in [0, 0.05) is 44.7 Å². The van der Waals surface area contributed by atoms with E-state index in [0.717, 1.165) is 24.1 Å². The van der Waals surface area contributed by atoms with Crippen LogP contribution in [0.4, 0.5) is 58.8 Å². The zero-order valence-corrected chi connectivity index (χ0v) is 26.1. The normalized spacial score (nSPS) is 21.7. The van der Waals surface area contributed by atoms with Crippen molar-refractivity contribution >= 4 is 17.6 Å². The number of benzene rings is 2. The number of halogens is 11. The first-order chi connectivity index (χ1) is 23.2. The Morgan fingerprint density at radius 1 is 0.780 bits per heavy atom. The minimum Gasteiger partial charge on any atom is -0.340 e. The maximum atomic E-state index is 14.3. The molecule has 1 saturated heterocycles. The third-order valence-corrected chi connectivity index (χ3v) is 9.16. The van der Waals surface area contributed by atoms with Crippen LogP contribution in [0.25, 0.3) is 0 Å². The van der Waals surface area contributed by atoms with Crippen LogP contribution in [-0.4, -0.2) is 75.2 Å². The Morgan fingerprint density at radius 2 is 1.38 bits per heavy atom. The second kappa shape index (κ2) is 13.3. The lowest BCUT2D eigenvalue weighted by Gasteiger charge is -2.33. The molecule has 2 aromatic carbocycles. The van der Waals surface area contributed by atoms with E-state index in [1.165, 1.54) is 18.0 Å². The van der Waals surface area contributed by atoms with Gasteiger partial charge in [0.15, 0.2) is 11.6 Å². The van der Waals surface area contributed by atoms with E-state index >= 15 is 0 Å². The van der Waals surface area contributed by atoms with Crippen LogP contribution in [0.1, 0.15) is 60.2 Å². The molecule has 2 atom stereocenters. The Kier molecular flexibility index (Phi) is 9.78. The molecular formula is C30H28F11N7O2. The SMILES string of the molecule is CN(C(=O)N(C)C1CN(C(=O)C2CCC(n3nnnc3C(F)(F)F)CC2)CC1c1ccc(F)c(F)c1)c1cc(C(F)(F)F)cc(C(F)(F)F)c1. The summed E-state index contributed by atoms with van der Waals surface area (Å²) in [5, 5.41) is 9.61. The van der Waals surface area contributed by atoms with Crippen LogP contribution in [0, 0.1) is 17.6 Å². The molecule has 0 radical (unpaired) electrons. The molecule has 0 spiro atoms. The van der Waals surface area contributed by atoms with Crippen molar-refractivity contribution in [1.82, 2.24) is 30.0 Å². The first-order valence-electron chi connectivity index (χ1n) is 15.1. The summed E-state index contributed by atoms with van der Waals surface area (Å²) in [7, 11) is 2.17. The van der Waals surface area contributed by atoms with Crippen LogP contribution in [0.5, 0.6) is 0 Å². The van der Waals surface area contributed by atoms with Gasteiger partial charge in [-0.15, -0.1) is 5.10 Å². The van der Waals surface area contributed by atoms with Gasteiger partial charge in [0.05, 0.1) is 23.2 Å². The molecule has 2 fully saturated rings. The topological polar surface area (TPSA) is 87.5 Å². The van der Waals surface area contributed by atoms with E-state index in [1.54, 1.807) is 0 Å². The highest BCUT2D eigenvalue weighted by atomic mass is 19.4. The number of alkyl halides is 9. The van der Waals surface area contributed by atoms with Crippen LogP contribution in [0.2, 0.25) is 0 Å². The van der Waals surface area contributed by atoms with E-state index in [1.807, 2.05) is 0 Å². The van der Waals surface area contributed by atoms with Crippen LogP contribution >= 0.6 is 0 Å². The van der Waals surface area contributed by atoms with E-state index < -0.39 is 88.7 Å². The lowest BCUT2D eigenvalue weighted by atomic mass is 9.85. The highest BCUT2D eigenvalue weighted by Gasteiger charge is 2.45. The van der Waals surface area contributed by atoms with E-state index in [2.05, 4.69) is 15.5 Å². The Bertz CT molecular complexity index is 1700. The molecule has 50 heavy (non-hydrogen) atoms. The monoisotopic (exact) mass is 727 g/mol. The van der Waals surface area contributed by atoms with Gasteiger partial charge in [0.25, 0.3) is 5.82 Å². The minimum absolute atomic E-state index is 0.0867. The number of urea groups is 1. The zero-order valence-electron chi connectivity index (χ0n) is 26.1. The van der Waals surface area contributed by atoms with Gasteiger partial charge in [-0.2, -0.15) is 39.5 Å². The molecule has 1 aliphatic carbocycles. The smallest absolute Gasteiger partial charge is 0.340 e. The van der Waals surface area contributed by atoms with Crippen LogP contribution < -0.4 is 4.90 Å². The number of nitrogens with zero attached hydrogens (tertiary/aromatic N) is 7. The molecule has 9 nitrogen and oxygen atoms in total. The molecule has 1 saturated carbocycles. The van der Waals surface area contributed by atoms with Crippen molar-refractivity contribution < 1.29 is 57.9 Å². The van der Waals surface area contributed by atoms with Gasteiger partial charge in [-0.05, 0) is 72.0 Å². The first kappa shape index (κ1) is 36.8. The van der Waals surface area contributed by atoms with Gasteiger partial charge in [-0.1, -0.05) is 6.07 Å². The Hall–Kier alpha value is -4.52. The average molecular weight is 728 g/mol. The first-order valence-corrected chi connectivity index (χ1v) is 15.1. The Labute approximate surface area is 276 Å². The molecule has 0 N–H and O–H groups in total. The predicted octanol–water partition coefficient (Wildman–Crippen LogP) is 6.92. The number of likely N-dealkylation sites (N-methyl/N-ethyl adjacent to an activating group) is 1. The van der Waals surface area contributed by atoms with Crippen LogP contribution in [0.15, 0.2) is 36.4 Å². The van der Waals surface area contributed by atoms with Crippen molar-refractivity contribution in [2.24, 2.45) is 5.92 Å². The maximum absolute atomic E-state index is 14.3. The third-order valence-electron chi connectivity index (χ3n) is 9.16. The van der Waals surface area contributed by atoms with E-state index in [0.29, 0.717) is 21.7 Å². The van der Waals surface area contributed by atoms with E-state index in [4.69, 9.17) is 0 Å². The Morgan fingerprint density at radius 3 is 1.92 bits per heavy atom. The van der Waals surface area contributed by atoms with Gasteiger partial charge >= 0.3 is 24.6 Å². The number of likely N-dealkylation sites (tertiary alicyclic amines) is 1. The lowest BCUT2D eigenvalue weighted by molar-refractivity contribution is -0.149. The molecule has 2 unspecified atom stereocenters. The fourth-order valence-corrected chi connectivity index (χ4v) is 6.50. The molecule has 5 rings (SSSR count). The van der Waals surface area contributed by atoms with Gasteiger partial charge in [-0.3, -0.25) is 9.69 Å². The number of hydrogen-bond acceptors (Lipinski definition) is 5. The zero-order chi connectivity index (χ0) is 36.9. The van der Waals surface area contributed by atoms with Gasteiger partial charge in [-0.25, -0.2) is 18.3 Å². The summed E-state index contributed by atoms with van der Waals surface area (Å²) in [5.74, 6) is -5.68. The summed E-state index contributed by atoms with van der Waals surface area (Å²) in [6.45, 7) is -0.344. The summed E-state index contributed by atoms with van der Waals surface area (Å²) in [4.78, 5) is 30.3. The van der Waals surface area contributed by atoms with E-state index in [-0.39, 0.29) is 50.4 Å². The van der Waals surface area contributed by atoms with Gasteiger partial charge in [0.1, 0.15) is 0 Å². The molecule has 3 aromatic rings. The fraction of sp³-hybridized carbons (Fsp3) is 0.500. The van der Waals surface area contributed by atoms with Crippen LogP contribution in [-0.2, 0) is 23.3 Å². The molecule has 0 bridgehead atoms. The number of tetrazole rings is 1. The van der Waals surface area contributed by atoms with Crippen molar-refractivity contribution in [3.63, 3.8) is 0 Å². The van der Waals surface area contributed by atoms with Gasteiger partial charge in [0.2, 0.25) is 5.91 Å². The highest BCUT2D eigenvalue weighted by molar-refractivity contribution is 5.92. The van der Waals surface area contributed by atoms with E-state index in [9.17, 15) is 57.9 Å². The third kappa shape index (κ3) is 7.47. The molecule has 272 valence electrons. The molecular weight excluding hydrogens is 699 g/mol. The number of anilines is 1. The van der Waals surface area contributed by atoms with Crippen molar-refractivity contribution in [3.05, 3.63) is 70.5 Å². The van der Waals surface area contributed by atoms with Crippen molar-refractivity contribution in [2.45, 2.75) is 62.2 Å². The molecule has 2 heterocycles. The molecule has 2 aliphatic rings. The number of amides is 3. The summed E-state index contributed by atoms with van der Waals surface area (Å²) >= 11 is 0. The number of carbonyl (C=O) groups excluding carboxylic acids is 2. The quantitative estimate of drug-likeness (QED) is 0.267. The van der Waals surface area contributed by atoms with Crippen molar-refractivity contribution in [1.29, 1.82) is 0 Å². The number of aromatic nitrogens is 4. The fourth-order valence-electron chi connectivity index (χ4n) is 6.50. The molecule has 3 amide bonds. The minimum atomic E-state index is -5.18. The average Bonchev–Trinajstić information content (AvgIpc) is 3.73. The largest absolute Gasteiger partial charge is 0.453 e. The number of rotatable bonds is 5. The van der Waals surface area contributed by atoms with Gasteiger partial charge < -0.3 is 9.80 Å². The van der Waals surface area contributed by atoms with Crippen LogP contribution in [0.3, 0.4) is 0 Å². The second-order valence-corrected chi connectivity index (χ2v) is 12.3. The number of hydrogen-bond donors (Lipinski definition) is 0. The molecule has 1 aliphatic heterocycles. The summed E-state index contributed by atoms with van der Waals surface area (Å²) < 4.78 is 150. The molecule has 20 heteroatoms. The number of carbonyl (C=O) groups is 2. The maximum Gasteiger partial charge on any atom is 0.453 e. The standard InChI is InChI=1S/C30H28F11N7O2/c1-45(20-11-17(28(33,34)35)10-18(12-20)29(36,37)38)27(50)46(2)24-14-47(13-21(24)16-5-8-22(31)23(32)9-16)25(49)15-3-6-19(7-4-15)48-26(30(39,40)41)42-43-44-48/h5,8-12,15,19,21,24H,3-4,6-7,13-14H2,1-2H3.